The highest BCUT2D eigenvalue weighted by molar-refractivity contribution is 8.06. The molecule has 38 heavy (non-hydrogen) atoms. The second-order valence-electron chi connectivity index (χ2n) is 11.4. The molecular weight excluding hydrogens is 507 g/mol. The van der Waals surface area contributed by atoms with E-state index in [-0.39, 0.29) is 6.09 Å². The summed E-state index contributed by atoms with van der Waals surface area (Å²) in [5, 5.41) is 0. The number of ether oxygens (including phenoxy) is 1. The smallest absolute Gasteiger partial charge is 0.430 e. The highest BCUT2D eigenvalue weighted by Gasteiger charge is 2.11. The van der Waals surface area contributed by atoms with Crippen molar-refractivity contribution < 1.29 is 9.53 Å². The quantitative estimate of drug-likeness (QED) is 0.0508. The summed E-state index contributed by atoms with van der Waals surface area (Å²) in [4.78, 5) is 12.1. The van der Waals surface area contributed by atoms with Crippen molar-refractivity contribution in [2.45, 2.75) is 194 Å². The third-order valence-corrected chi connectivity index (χ3v) is 8.97. The number of amides is 1. The van der Waals surface area contributed by atoms with Gasteiger partial charge in [-0.15, -0.1) is 0 Å². The van der Waals surface area contributed by atoms with Gasteiger partial charge in [-0.3, -0.25) is 0 Å². The van der Waals surface area contributed by atoms with Gasteiger partial charge in [-0.25, -0.2) is 4.79 Å². The SMILES string of the molecule is CCCCCCCCCCCCCCCCOC(=O)N(S)SCCCCCCCCCCCCCCCC. The molecule has 1 amide bonds. The highest BCUT2D eigenvalue weighted by Crippen LogP contribution is 2.19. The summed E-state index contributed by atoms with van der Waals surface area (Å²) in [6.07, 6.45) is 37.6. The van der Waals surface area contributed by atoms with E-state index in [1.807, 2.05) is 0 Å². The Kier molecular flexibility index (Phi) is 33.2. The van der Waals surface area contributed by atoms with Crippen LogP contribution in [0.1, 0.15) is 194 Å². The molecule has 0 saturated carbocycles. The minimum absolute atomic E-state index is 0.307. The van der Waals surface area contributed by atoms with Crippen molar-refractivity contribution in [2.75, 3.05) is 12.4 Å². The topological polar surface area (TPSA) is 29.5 Å². The van der Waals surface area contributed by atoms with Crippen LogP contribution in [-0.4, -0.2) is 22.2 Å². The first-order chi connectivity index (χ1) is 18.7. The van der Waals surface area contributed by atoms with Gasteiger partial charge in [0.2, 0.25) is 0 Å². The molecule has 0 bridgehead atoms. The first-order valence-corrected chi connectivity index (χ1v) is 18.3. The minimum Gasteiger partial charge on any atom is -0.448 e. The summed E-state index contributed by atoms with van der Waals surface area (Å²) in [5.74, 6) is 0.940. The van der Waals surface area contributed by atoms with Gasteiger partial charge in [-0.2, -0.15) is 3.71 Å². The summed E-state index contributed by atoms with van der Waals surface area (Å²) in [7, 11) is 0. The Morgan fingerprint density at radius 1 is 0.500 bits per heavy atom. The first-order valence-electron chi connectivity index (χ1n) is 17.0. The molecule has 228 valence electrons. The molecule has 0 N–H and O–H groups in total. The van der Waals surface area contributed by atoms with Crippen molar-refractivity contribution in [3.8, 4) is 0 Å². The summed E-state index contributed by atoms with van der Waals surface area (Å²) in [6, 6.07) is 0. The molecule has 0 saturated heterocycles. The lowest BCUT2D eigenvalue weighted by Gasteiger charge is -2.14. The third-order valence-electron chi connectivity index (χ3n) is 7.59. The standard InChI is InChI=1S/C33H67NO2S2/c1-3-5-7-9-11-13-15-17-19-21-23-25-27-29-31-36-33(35)34(37)38-32-30-28-26-24-22-20-18-16-14-12-10-8-6-4-2/h37H,3-32H2,1-2H3. The lowest BCUT2D eigenvalue weighted by Crippen LogP contribution is -2.17. The molecule has 0 aromatic carbocycles. The number of nitrogens with zero attached hydrogens (tertiary/aromatic N) is 1. The number of carbonyl (C=O) groups is 1. The second-order valence-corrected chi connectivity index (χ2v) is 13.1. The Labute approximate surface area is 249 Å². The second kappa shape index (κ2) is 33.2. The van der Waals surface area contributed by atoms with Crippen molar-refractivity contribution >= 4 is 30.9 Å². The molecular formula is C33H67NO2S2. The van der Waals surface area contributed by atoms with E-state index in [1.165, 1.54) is 176 Å². The molecule has 0 spiro atoms. The Bertz CT molecular complexity index is 464. The van der Waals surface area contributed by atoms with Gasteiger partial charge >= 0.3 is 6.09 Å². The van der Waals surface area contributed by atoms with Crippen LogP contribution in [0, 0.1) is 0 Å². The van der Waals surface area contributed by atoms with Crippen molar-refractivity contribution in [2.24, 2.45) is 0 Å². The fourth-order valence-electron chi connectivity index (χ4n) is 5.01. The molecule has 0 aromatic rings. The van der Waals surface area contributed by atoms with Gasteiger partial charge in [0.1, 0.15) is 0 Å². The molecule has 0 fully saturated rings. The van der Waals surface area contributed by atoms with Crippen LogP contribution in [0.5, 0.6) is 0 Å². The molecule has 3 nitrogen and oxygen atoms in total. The summed E-state index contributed by atoms with van der Waals surface area (Å²) in [6.45, 7) is 5.09. The van der Waals surface area contributed by atoms with Crippen LogP contribution in [0.2, 0.25) is 0 Å². The Morgan fingerprint density at radius 2 is 0.789 bits per heavy atom. The van der Waals surface area contributed by atoms with Crippen LogP contribution < -0.4 is 0 Å². The molecule has 0 heterocycles. The zero-order valence-electron chi connectivity index (χ0n) is 25.8. The maximum absolute atomic E-state index is 12.1. The van der Waals surface area contributed by atoms with E-state index >= 15 is 0 Å². The van der Waals surface area contributed by atoms with E-state index in [0.717, 1.165) is 25.0 Å². The molecule has 0 aliphatic rings. The van der Waals surface area contributed by atoms with Gasteiger partial charge in [-0.1, -0.05) is 181 Å². The number of rotatable bonds is 31. The Balaban J connectivity index is 3.27. The van der Waals surface area contributed by atoms with E-state index in [4.69, 9.17) is 4.74 Å². The predicted molar refractivity (Wildman–Crippen MR) is 175 cm³/mol. The van der Waals surface area contributed by atoms with Crippen LogP contribution >= 0.6 is 24.8 Å². The van der Waals surface area contributed by atoms with E-state index in [9.17, 15) is 4.79 Å². The molecule has 0 unspecified atom stereocenters. The average molecular weight is 574 g/mol. The molecule has 0 aliphatic heterocycles. The van der Waals surface area contributed by atoms with Gasteiger partial charge in [0.25, 0.3) is 0 Å². The normalized spacial score (nSPS) is 11.2. The van der Waals surface area contributed by atoms with E-state index in [1.54, 1.807) is 0 Å². The van der Waals surface area contributed by atoms with Crippen LogP contribution in [-0.2, 0) is 4.74 Å². The molecule has 0 aliphatic carbocycles. The maximum Gasteiger partial charge on any atom is 0.430 e. The number of hydrogen-bond donors (Lipinski definition) is 1. The van der Waals surface area contributed by atoms with Crippen LogP contribution in [0.3, 0.4) is 0 Å². The lowest BCUT2D eigenvalue weighted by molar-refractivity contribution is 0.140. The first kappa shape index (κ1) is 38.0. The van der Waals surface area contributed by atoms with Crippen molar-refractivity contribution in [3.63, 3.8) is 0 Å². The number of thiol groups is 1. The number of unbranched alkanes of at least 4 members (excludes halogenated alkanes) is 26. The largest absolute Gasteiger partial charge is 0.448 e. The number of hydrogen-bond acceptors (Lipinski definition) is 4. The lowest BCUT2D eigenvalue weighted by atomic mass is 10.0. The van der Waals surface area contributed by atoms with Gasteiger partial charge in [0, 0.05) is 5.75 Å². The highest BCUT2D eigenvalue weighted by atomic mass is 32.2. The minimum atomic E-state index is -0.307. The van der Waals surface area contributed by atoms with Gasteiger partial charge < -0.3 is 4.74 Å². The van der Waals surface area contributed by atoms with E-state index < -0.39 is 0 Å². The molecule has 0 radical (unpaired) electrons. The summed E-state index contributed by atoms with van der Waals surface area (Å²) >= 11 is 5.78. The molecule has 5 heteroatoms. The monoisotopic (exact) mass is 573 g/mol. The molecule has 0 aromatic heterocycles. The van der Waals surface area contributed by atoms with Crippen molar-refractivity contribution in [1.82, 2.24) is 3.71 Å². The number of carbonyl (C=O) groups excluding carboxylic acids is 1. The maximum atomic E-state index is 12.1. The zero-order chi connectivity index (χ0) is 27.8. The van der Waals surface area contributed by atoms with Crippen molar-refractivity contribution in [1.29, 1.82) is 0 Å². The van der Waals surface area contributed by atoms with E-state index in [0.29, 0.717) is 6.61 Å². The van der Waals surface area contributed by atoms with E-state index in [2.05, 4.69) is 26.7 Å². The fraction of sp³-hybridized carbons (Fsp3) is 0.970. The van der Waals surface area contributed by atoms with Gasteiger partial charge in [0.05, 0.1) is 6.61 Å². The fourth-order valence-corrected chi connectivity index (χ4v) is 5.98. The van der Waals surface area contributed by atoms with Gasteiger partial charge in [-0.05, 0) is 37.6 Å². The summed E-state index contributed by atoms with van der Waals surface area (Å²) < 4.78 is 6.76. The Hall–Kier alpha value is -0.0300. The van der Waals surface area contributed by atoms with Crippen molar-refractivity contribution in [3.05, 3.63) is 0 Å². The molecule has 0 atom stereocenters. The van der Waals surface area contributed by atoms with Crippen LogP contribution in [0.4, 0.5) is 4.79 Å². The van der Waals surface area contributed by atoms with Crippen LogP contribution in [0.25, 0.3) is 0 Å². The molecule has 0 rings (SSSR count). The Morgan fingerprint density at radius 3 is 1.13 bits per heavy atom. The third kappa shape index (κ3) is 30.5. The average Bonchev–Trinajstić information content (AvgIpc) is 2.92. The van der Waals surface area contributed by atoms with Crippen LogP contribution in [0.15, 0.2) is 0 Å². The predicted octanol–water partition coefficient (Wildman–Crippen LogP) is 12.9. The summed E-state index contributed by atoms with van der Waals surface area (Å²) in [5.41, 5.74) is 0. The van der Waals surface area contributed by atoms with Gasteiger partial charge in [0.15, 0.2) is 0 Å². The zero-order valence-corrected chi connectivity index (χ0v) is 27.5.